The van der Waals surface area contributed by atoms with Crippen LogP contribution < -0.4 is 0 Å². The Hall–Kier alpha value is -2.77. The molecule has 9 heteroatoms. The van der Waals surface area contributed by atoms with E-state index in [2.05, 4.69) is 15.2 Å². The van der Waals surface area contributed by atoms with Crippen LogP contribution in [-0.2, 0) is 11.3 Å². The molecule has 0 radical (unpaired) electrons. The van der Waals surface area contributed by atoms with Crippen LogP contribution >= 0.6 is 23.2 Å². The molecule has 1 aliphatic rings. The topological polar surface area (TPSA) is 69.4 Å². The van der Waals surface area contributed by atoms with Crippen LogP contribution in [0.5, 0.6) is 0 Å². The maximum atomic E-state index is 14.1. The number of methoxy groups -OCH3 is 1. The summed E-state index contributed by atoms with van der Waals surface area (Å²) < 4.78 is 20.3. The van der Waals surface area contributed by atoms with Crippen molar-refractivity contribution >= 4 is 34.9 Å². The van der Waals surface area contributed by atoms with Crippen LogP contribution in [0, 0.1) is 5.82 Å². The summed E-state index contributed by atoms with van der Waals surface area (Å²) in [4.78, 5) is 16.7. The van der Waals surface area contributed by atoms with Crippen LogP contribution in [0.2, 0.25) is 10.0 Å². The van der Waals surface area contributed by atoms with Crippen LogP contribution in [0.25, 0.3) is 5.69 Å². The van der Waals surface area contributed by atoms with Crippen molar-refractivity contribution in [2.45, 2.75) is 6.54 Å². The Bertz CT molecular complexity index is 1110. The van der Waals surface area contributed by atoms with Gasteiger partial charge in [0.2, 0.25) is 5.82 Å². The summed E-state index contributed by atoms with van der Waals surface area (Å²) in [5.74, 6) is -0.843. The zero-order valence-corrected chi connectivity index (χ0v) is 15.4. The van der Waals surface area contributed by atoms with Crippen molar-refractivity contribution in [3.8, 4) is 5.69 Å². The van der Waals surface area contributed by atoms with Gasteiger partial charge in [0.15, 0.2) is 5.82 Å². The van der Waals surface area contributed by atoms with Crippen molar-refractivity contribution in [3.63, 3.8) is 0 Å². The van der Waals surface area contributed by atoms with Crippen molar-refractivity contribution in [1.82, 2.24) is 14.8 Å². The summed E-state index contributed by atoms with van der Waals surface area (Å²) in [6.07, 6.45) is 0. The lowest BCUT2D eigenvalue weighted by Gasteiger charge is -2.14. The van der Waals surface area contributed by atoms with E-state index in [1.165, 1.54) is 23.8 Å². The monoisotopic (exact) mass is 404 g/mol. The van der Waals surface area contributed by atoms with Crippen molar-refractivity contribution < 1.29 is 13.9 Å². The van der Waals surface area contributed by atoms with Gasteiger partial charge in [0, 0.05) is 16.1 Å². The Kier molecular flexibility index (Phi) is 4.41. The number of fused-ring (bicyclic) bond motifs is 3. The fourth-order valence-corrected chi connectivity index (χ4v) is 3.43. The highest BCUT2D eigenvalue weighted by atomic mass is 35.5. The first-order valence-electron chi connectivity index (χ1n) is 7.82. The third-order valence-corrected chi connectivity index (χ3v) is 4.67. The molecule has 0 aliphatic carbocycles. The fraction of sp³-hybridized carbons (Fsp3) is 0.111. The number of hydrogen-bond acceptors (Lipinski definition) is 5. The van der Waals surface area contributed by atoms with E-state index in [1.54, 1.807) is 24.3 Å². The van der Waals surface area contributed by atoms with Crippen LogP contribution in [-0.4, -0.2) is 33.6 Å². The van der Waals surface area contributed by atoms with E-state index < -0.39 is 11.8 Å². The van der Waals surface area contributed by atoms with E-state index in [0.717, 1.165) is 0 Å². The van der Waals surface area contributed by atoms with Gasteiger partial charge in [-0.25, -0.2) is 9.18 Å². The van der Waals surface area contributed by atoms with Gasteiger partial charge in [0.1, 0.15) is 12.4 Å². The van der Waals surface area contributed by atoms with Gasteiger partial charge >= 0.3 is 5.97 Å². The van der Waals surface area contributed by atoms with Gasteiger partial charge in [-0.3, -0.25) is 9.56 Å². The number of carbonyl (C=O) groups is 1. The number of carbonyl (C=O) groups excluding carboxylic acids is 1. The van der Waals surface area contributed by atoms with Gasteiger partial charge in [0.05, 0.1) is 23.5 Å². The molecule has 0 bridgehead atoms. The van der Waals surface area contributed by atoms with Gasteiger partial charge in [0.25, 0.3) is 0 Å². The molecule has 0 spiro atoms. The Labute approximate surface area is 163 Å². The molecule has 1 aromatic heterocycles. The average molecular weight is 405 g/mol. The van der Waals surface area contributed by atoms with Gasteiger partial charge in [-0.05, 0) is 36.4 Å². The lowest BCUT2D eigenvalue weighted by Crippen LogP contribution is -2.14. The van der Waals surface area contributed by atoms with Crippen LogP contribution in [0.1, 0.15) is 27.6 Å². The maximum absolute atomic E-state index is 14.1. The molecule has 2 heterocycles. The predicted molar refractivity (Wildman–Crippen MR) is 98.5 cm³/mol. The van der Waals surface area contributed by atoms with E-state index in [1.807, 2.05) is 0 Å². The van der Waals surface area contributed by atoms with Gasteiger partial charge in [-0.15, -0.1) is 10.2 Å². The molecule has 27 heavy (non-hydrogen) atoms. The molecule has 3 aromatic rings. The molecule has 0 amide bonds. The molecule has 0 unspecified atom stereocenters. The molecule has 0 saturated carbocycles. The first-order chi connectivity index (χ1) is 13.0. The highest BCUT2D eigenvalue weighted by Crippen LogP contribution is 2.30. The van der Waals surface area contributed by atoms with Gasteiger partial charge in [-0.2, -0.15) is 0 Å². The van der Waals surface area contributed by atoms with Crippen LogP contribution in [0.3, 0.4) is 0 Å². The van der Waals surface area contributed by atoms with E-state index in [4.69, 9.17) is 27.9 Å². The number of hydrogen-bond donors (Lipinski definition) is 0. The predicted octanol–water partition coefficient (Wildman–Crippen LogP) is 3.85. The van der Waals surface area contributed by atoms with E-state index in [-0.39, 0.29) is 12.4 Å². The Morgan fingerprint density at radius 2 is 1.93 bits per heavy atom. The molecule has 4 rings (SSSR count). The maximum Gasteiger partial charge on any atom is 0.376 e. The summed E-state index contributed by atoms with van der Waals surface area (Å²) in [6.45, 7) is 0.120. The zero-order chi connectivity index (χ0) is 19.1. The number of nitrogens with zero attached hydrogens (tertiary/aromatic N) is 4. The Balaban J connectivity index is 1.98. The normalized spacial score (nSPS) is 12.7. The molecule has 0 saturated heterocycles. The highest BCUT2D eigenvalue weighted by Gasteiger charge is 2.27. The van der Waals surface area contributed by atoms with E-state index in [9.17, 15) is 9.18 Å². The standard InChI is InChI=1S/C18H11Cl2FN4O2/c1-27-18(26)17-24-23-15-8-22-16(11-4-2-9(19)6-13(11)20)12-5-3-10(21)7-14(12)25(15)17/h2-7H,8H2,1H3. The van der Waals surface area contributed by atoms with Gasteiger partial charge in [-0.1, -0.05) is 23.2 Å². The SMILES string of the molecule is COC(=O)c1nnc2n1-c1cc(F)ccc1C(c1ccc(Cl)cc1Cl)=NC2. The minimum atomic E-state index is -0.683. The average Bonchev–Trinajstić information content (AvgIpc) is 3.00. The highest BCUT2D eigenvalue weighted by molar-refractivity contribution is 6.38. The first kappa shape index (κ1) is 17.6. The molecule has 0 fully saturated rings. The number of halogens is 3. The number of rotatable bonds is 2. The molecule has 0 N–H and O–H groups in total. The molecule has 0 atom stereocenters. The molecular weight excluding hydrogens is 394 g/mol. The first-order valence-corrected chi connectivity index (χ1v) is 8.58. The van der Waals surface area contributed by atoms with E-state index >= 15 is 0 Å². The number of aromatic nitrogens is 3. The summed E-state index contributed by atoms with van der Waals surface area (Å²) in [6, 6.07) is 9.22. The Morgan fingerprint density at radius 1 is 1.15 bits per heavy atom. The fourth-order valence-electron chi connectivity index (χ4n) is 2.93. The number of benzene rings is 2. The number of esters is 1. The van der Waals surface area contributed by atoms with Crippen LogP contribution in [0.15, 0.2) is 41.4 Å². The minimum Gasteiger partial charge on any atom is -0.463 e. The third kappa shape index (κ3) is 2.98. The quantitative estimate of drug-likeness (QED) is 0.608. The lowest BCUT2D eigenvalue weighted by atomic mass is 10.00. The van der Waals surface area contributed by atoms with Crippen molar-refractivity contribution in [2.75, 3.05) is 7.11 Å². The summed E-state index contributed by atoms with van der Waals surface area (Å²) in [5, 5.41) is 8.77. The van der Waals surface area contributed by atoms with Crippen LogP contribution in [0.4, 0.5) is 4.39 Å². The number of aliphatic imine (C=N–C) groups is 1. The minimum absolute atomic E-state index is 0.0574. The van der Waals surface area contributed by atoms with E-state index in [0.29, 0.717) is 38.4 Å². The number of ether oxygens (including phenoxy) is 1. The van der Waals surface area contributed by atoms with Gasteiger partial charge < -0.3 is 4.74 Å². The molecule has 136 valence electrons. The summed E-state index contributed by atoms with van der Waals surface area (Å²) >= 11 is 12.3. The second kappa shape index (κ2) is 6.75. The zero-order valence-electron chi connectivity index (χ0n) is 13.9. The molecule has 6 nitrogen and oxygen atoms in total. The second-order valence-electron chi connectivity index (χ2n) is 5.72. The largest absolute Gasteiger partial charge is 0.463 e. The second-order valence-corrected chi connectivity index (χ2v) is 6.56. The lowest BCUT2D eigenvalue weighted by molar-refractivity contribution is 0.0584. The molecule has 1 aliphatic heterocycles. The van der Waals surface area contributed by atoms with Crippen molar-refractivity contribution in [2.24, 2.45) is 4.99 Å². The third-order valence-electron chi connectivity index (χ3n) is 4.12. The summed E-state index contributed by atoms with van der Waals surface area (Å²) in [7, 11) is 1.24. The van der Waals surface area contributed by atoms with Crippen molar-refractivity contribution in [1.29, 1.82) is 0 Å². The molecular formula is C18H11Cl2FN4O2. The molecule has 2 aromatic carbocycles. The Morgan fingerprint density at radius 3 is 2.67 bits per heavy atom. The van der Waals surface area contributed by atoms with Crippen molar-refractivity contribution in [3.05, 3.63) is 75.0 Å². The smallest absolute Gasteiger partial charge is 0.376 e. The summed E-state index contributed by atoms with van der Waals surface area (Å²) in [5.41, 5.74) is 2.11.